The Morgan fingerprint density at radius 1 is 1.33 bits per heavy atom. The monoisotopic (exact) mass is 250 g/mol. The largest absolute Gasteiger partial charge is 0.512 e. The van der Waals surface area contributed by atoms with Crippen LogP contribution in [0.15, 0.2) is 23.6 Å². The van der Waals surface area contributed by atoms with Crippen LogP contribution in [-0.2, 0) is 4.74 Å². The number of fused-ring (bicyclic) bond motifs is 1. The third-order valence-electron chi connectivity index (χ3n) is 4.28. The maximum atomic E-state index is 9.87. The SMILES string of the molecule is CC1CC=C(N2CCN3CCOC[C@H]3C2)C=C1O. The molecule has 0 amide bonds. The second kappa shape index (κ2) is 4.94. The zero-order chi connectivity index (χ0) is 12.5. The number of morpholine rings is 1. The minimum atomic E-state index is 0.271. The highest BCUT2D eigenvalue weighted by Crippen LogP contribution is 2.25. The van der Waals surface area contributed by atoms with Gasteiger partial charge in [0, 0.05) is 37.8 Å². The first-order valence-electron chi connectivity index (χ1n) is 6.91. The lowest BCUT2D eigenvalue weighted by atomic mass is 9.98. The van der Waals surface area contributed by atoms with Crippen LogP contribution in [0, 0.1) is 5.92 Å². The molecule has 0 spiro atoms. The number of aliphatic hydroxyl groups is 1. The molecule has 0 bridgehead atoms. The van der Waals surface area contributed by atoms with Crippen molar-refractivity contribution in [1.82, 2.24) is 9.80 Å². The normalized spacial score (nSPS) is 33.7. The van der Waals surface area contributed by atoms with Gasteiger partial charge in [-0.25, -0.2) is 0 Å². The van der Waals surface area contributed by atoms with E-state index in [4.69, 9.17) is 4.74 Å². The summed E-state index contributed by atoms with van der Waals surface area (Å²) in [4.78, 5) is 4.91. The van der Waals surface area contributed by atoms with E-state index >= 15 is 0 Å². The van der Waals surface area contributed by atoms with E-state index in [0.29, 0.717) is 11.8 Å². The smallest absolute Gasteiger partial charge is 0.0974 e. The van der Waals surface area contributed by atoms with Crippen molar-refractivity contribution in [2.75, 3.05) is 39.4 Å². The number of hydrogen-bond acceptors (Lipinski definition) is 4. The fourth-order valence-corrected chi connectivity index (χ4v) is 2.97. The fourth-order valence-electron chi connectivity index (χ4n) is 2.97. The second-order valence-electron chi connectivity index (χ2n) is 5.55. The van der Waals surface area contributed by atoms with E-state index in [-0.39, 0.29) is 5.92 Å². The molecule has 18 heavy (non-hydrogen) atoms. The molecule has 4 nitrogen and oxygen atoms in total. The lowest BCUT2D eigenvalue weighted by Crippen LogP contribution is -2.57. The highest BCUT2D eigenvalue weighted by atomic mass is 16.5. The molecule has 2 atom stereocenters. The molecular weight excluding hydrogens is 228 g/mol. The van der Waals surface area contributed by atoms with Crippen LogP contribution in [0.1, 0.15) is 13.3 Å². The number of nitrogens with zero attached hydrogens (tertiary/aromatic N) is 2. The topological polar surface area (TPSA) is 35.9 Å². The van der Waals surface area contributed by atoms with E-state index in [1.165, 1.54) is 5.70 Å². The molecule has 0 saturated carbocycles. The summed E-state index contributed by atoms with van der Waals surface area (Å²) >= 11 is 0. The van der Waals surface area contributed by atoms with Crippen molar-refractivity contribution in [3.8, 4) is 0 Å². The zero-order valence-corrected chi connectivity index (χ0v) is 11.0. The predicted molar refractivity (Wildman–Crippen MR) is 70.3 cm³/mol. The van der Waals surface area contributed by atoms with Crippen molar-refractivity contribution >= 4 is 0 Å². The van der Waals surface area contributed by atoms with Crippen LogP contribution in [-0.4, -0.2) is 60.3 Å². The van der Waals surface area contributed by atoms with Crippen LogP contribution >= 0.6 is 0 Å². The molecule has 1 N–H and O–H groups in total. The van der Waals surface area contributed by atoms with Gasteiger partial charge in [-0.05, 0) is 12.5 Å². The Bertz CT molecular complexity index is 378. The van der Waals surface area contributed by atoms with E-state index in [2.05, 4.69) is 22.8 Å². The van der Waals surface area contributed by atoms with Gasteiger partial charge in [-0.2, -0.15) is 0 Å². The molecule has 1 aliphatic carbocycles. The molecule has 3 aliphatic rings. The molecule has 1 unspecified atom stereocenters. The number of rotatable bonds is 1. The van der Waals surface area contributed by atoms with Crippen LogP contribution in [0.4, 0.5) is 0 Å². The molecule has 2 fully saturated rings. The third-order valence-corrected chi connectivity index (χ3v) is 4.28. The molecule has 4 heteroatoms. The van der Waals surface area contributed by atoms with Crippen molar-refractivity contribution in [2.24, 2.45) is 5.92 Å². The van der Waals surface area contributed by atoms with Crippen molar-refractivity contribution in [2.45, 2.75) is 19.4 Å². The lowest BCUT2D eigenvalue weighted by Gasteiger charge is -2.45. The average molecular weight is 250 g/mol. The van der Waals surface area contributed by atoms with E-state index in [0.717, 1.165) is 45.8 Å². The van der Waals surface area contributed by atoms with Crippen LogP contribution < -0.4 is 0 Å². The summed E-state index contributed by atoms with van der Waals surface area (Å²) < 4.78 is 5.56. The summed E-state index contributed by atoms with van der Waals surface area (Å²) in [5.41, 5.74) is 1.19. The van der Waals surface area contributed by atoms with Crippen molar-refractivity contribution in [1.29, 1.82) is 0 Å². The standard InChI is InChI=1S/C14H22N2O2/c1-11-2-3-12(8-14(11)17)16-5-4-15-6-7-18-10-13(15)9-16/h3,8,11,13,17H,2,4-7,9-10H2,1H3/t11?,13-/m1/s1. The van der Waals surface area contributed by atoms with Gasteiger partial charge in [-0.3, -0.25) is 4.90 Å². The summed E-state index contributed by atoms with van der Waals surface area (Å²) in [5.74, 6) is 0.794. The van der Waals surface area contributed by atoms with Gasteiger partial charge in [-0.15, -0.1) is 0 Å². The quantitative estimate of drug-likeness (QED) is 0.762. The molecule has 2 aliphatic heterocycles. The maximum Gasteiger partial charge on any atom is 0.0974 e. The van der Waals surface area contributed by atoms with Crippen molar-refractivity contribution in [3.05, 3.63) is 23.6 Å². The van der Waals surface area contributed by atoms with Gasteiger partial charge in [0.25, 0.3) is 0 Å². The number of piperazine rings is 1. The molecule has 100 valence electrons. The lowest BCUT2D eigenvalue weighted by molar-refractivity contribution is -0.0378. The Morgan fingerprint density at radius 3 is 3.06 bits per heavy atom. The van der Waals surface area contributed by atoms with Gasteiger partial charge in [0.15, 0.2) is 0 Å². The van der Waals surface area contributed by atoms with E-state index in [1.54, 1.807) is 0 Å². The van der Waals surface area contributed by atoms with Crippen molar-refractivity contribution < 1.29 is 9.84 Å². The number of aliphatic hydroxyl groups excluding tert-OH is 1. The van der Waals surface area contributed by atoms with Crippen LogP contribution in [0.3, 0.4) is 0 Å². The Kier molecular flexibility index (Phi) is 3.31. The van der Waals surface area contributed by atoms with Crippen LogP contribution in [0.2, 0.25) is 0 Å². The van der Waals surface area contributed by atoms with E-state index < -0.39 is 0 Å². The summed E-state index contributed by atoms with van der Waals surface area (Å²) in [6.45, 7) is 8.02. The number of ether oxygens (including phenoxy) is 1. The first-order valence-corrected chi connectivity index (χ1v) is 6.91. The minimum Gasteiger partial charge on any atom is -0.512 e. The summed E-state index contributed by atoms with van der Waals surface area (Å²) in [5, 5.41) is 9.87. The second-order valence-corrected chi connectivity index (χ2v) is 5.55. The minimum absolute atomic E-state index is 0.271. The van der Waals surface area contributed by atoms with Gasteiger partial charge in [-0.1, -0.05) is 13.0 Å². The summed E-state index contributed by atoms with van der Waals surface area (Å²) in [6.07, 6.45) is 5.14. The molecule has 2 heterocycles. The van der Waals surface area contributed by atoms with E-state index in [1.807, 2.05) is 6.08 Å². The third kappa shape index (κ3) is 2.27. The first kappa shape index (κ1) is 12.1. The first-order chi connectivity index (χ1) is 8.74. The maximum absolute atomic E-state index is 9.87. The number of allylic oxidation sites excluding steroid dienone is 3. The Labute approximate surface area is 109 Å². The number of hydrogen-bond donors (Lipinski definition) is 1. The Morgan fingerprint density at radius 2 is 2.22 bits per heavy atom. The van der Waals surface area contributed by atoms with Gasteiger partial charge >= 0.3 is 0 Å². The molecule has 0 aromatic heterocycles. The molecule has 3 rings (SSSR count). The average Bonchev–Trinajstić information content (AvgIpc) is 2.41. The van der Waals surface area contributed by atoms with Crippen LogP contribution in [0.25, 0.3) is 0 Å². The highest BCUT2D eigenvalue weighted by molar-refractivity contribution is 5.26. The molecule has 0 radical (unpaired) electrons. The van der Waals surface area contributed by atoms with Gasteiger partial charge in [0.05, 0.1) is 25.0 Å². The summed E-state index contributed by atoms with van der Waals surface area (Å²) in [6, 6.07) is 0.517. The Balaban J connectivity index is 1.67. The Hall–Kier alpha value is -1.00. The van der Waals surface area contributed by atoms with Gasteiger partial charge in [0.1, 0.15) is 0 Å². The van der Waals surface area contributed by atoms with Gasteiger partial charge < -0.3 is 14.7 Å². The fraction of sp³-hybridized carbons (Fsp3) is 0.714. The zero-order valence-electron chi connectivity index (χ0n) is 11.0. The summed E-state index contributed by atoms with van der Waals surface area (Å²) in [7, 11) is 0. The highest BCUT2D eigenvalue weighted by Gasteiger charge is 2.30. The molecule has 0 aromatic carbocycles. The van der Waals surface area contributed by atoms with E-state index in [9.17, 15) is 5.11 Å². The molecule has 0 aromatic rings. The molecular formula is C14H22N2O2. The molecule has 2 saturated heterocycles. The van der Waals surface area contributed by atoms with Crippen molar-refractivity contribution in [3.63, 3.8) is 0 Å². The van der Waals surface area contributed by atoms with Gasteiger partial charge in [0.2, 0.25) is 0 Å². The predicted octanol–water partition coefficient (Wildman–Crippen LogP) is 1.37. The van der Waals surface area contributed by atoms with Crippen LogP contribution in [0.5, 0.6) is 0 Å².